The molecule has 0 radical (unpaired) electrons. The summed E-state index contributed by atoms with van der Waals surface area (Å²) in [6.07, 6.45) is 0. The summed E-state index contributed by atoms with van der Waals surface area (Å²) >= 11 is 5.55. The molecular weight excluding hydrogens is 268 g/mol. The van der Waals surface area contributed by atoms with Crippen LogP contribution in [0, 0.1) is 0 Å². The van der Waals surface area contributed by atoms with Gasteiger partial charge in [0, 0.05) is 25.2 Å². The van der Waals surface area contributed by atoms with Gasteiger partial charge in [-0.3, -0.25) is 9.59 Å². The highest BCUT2D eigenvalue weighted by atomic mass is 35.5. The molecule has 19 heavy (non-hydrogen) atoms. The molecule has 1 aromatic rings. The number of hydrogen-bond donors (Lipinski definition) is 3. The second kappa shape index (κ2) is 6.75. The second-order valence-electron chi connectivity index (χ2n) is 3.66. The summed E-state index contributed by atoms with van der Waals surface area (Å²) in [5.74, 6) is -0.351. The summed E-state index contributed by atoms with van der Waals surface area (Å²) in [4.78, 5) is 27.3. The predicted octanol–water partition coefficient (Wildman–Crippen LogP) is 0.633. The van der Waals surface area contributed by atoms with Crippen molar-refractivity contribution in [2.24, 2.45) is 10.7 Å². The third kappa shape index (κ3) is 3.96. The smallest absolute Gasteiger partial charge is 0.251 e. The van der Waals surface area contributed by atoms with Crippen LogP contribution in [-0.4, -0.2) is 37.6 Å². The third-order valence-electron chi connectivity index (χ3n) is 2.31. The van der Waals surface area contributed by atoms with Gasteiger partial charge in [0.15, 0.2) is 0 Å². The minimum absolute atomic E-state index is 0.0690. The van der Waals surface area contributed by atoms with Crippen LogP contribution in [0.5, 0.6) is 0 Å². The maximum absolute atomic E-state index is 11.6. The van der Waals surface area contributed by atoms with E-state index in [-0.39, 0.29) is 23.5 Å². The second-order valence-corrected chi connectivity index (χ2v) is 3.93. The Hall–Kier alpha value is -2.08. The van der Waals surface area contributed by atoms with E-state index in [1.54, 1.807) is 0 Å². The van der Waals surface area contributed by atoms with Crippen molar-refractivity contribution >= 4 is 34.9 Å². The van der Waals surface area contributed by atoms with Gasteiger partial charge in [-0.05, 0) is 18.2 Å². The van der Waals surface area contributed by atoms with E-state index in [1.165, 1.54) is 32.3 Å². The highest BCUT2D eigenvalue weighted by molar-refractivity contribution is 6.28. The molecule has 102 valence electrons. The van der Waals surface area contributed by atoms with Crippen molar-refractivity contribution in [3.05, 3.63) is 29.3 Å². The number of aliphatic imine (C=N–C) groups is 1. The molecule has 0 saturated carbocycles. The molecule has 0 aromatic heterocycles. The molecule has 0 aliphatic heterocycles. The molecule has 4 N–H and O–H groups in total. The zero-order chi connectivity index (χ0) is 14.4. The van der Waals surface area contributed by atoms with E-state index in [2.05, 4.69) is 15.6 Å². The normalized spacial score (nSPS) is 11.0. The highest BCUT2D eigenvalue weighted by Crippen LogP contribution is 2.18. The number of amides is 2. The zero-order valence-corrected chi connectivity index (χ0v) is 11.4. The number of amidine groups is 1. The molecule has 0 heterocycles. The minimum atomic E-state index is -0.313. The SMILES string of the molecule is CNC(=O)c1cc(N=C(N)CCl)cc(C(=O)NC)c1. The number of carbonyl (C=O) groups excluding carboxylic acids is 2. The van der Waals surface area contributed by atoms with Crippen LogP contribution in [0.4, 0.5) is 5.69 Å². The van der Waals surface area contributed by atoms with Crippen molar-refractivity contribution in [2.75, 3.05) is 20.0 Å². The van der Waals surface area contributed by atoms with E-state index in [1.807, 2.05) is 0 Å². The molecule has 1 aromatic carbocycles. The first-order valence-electron chi connectivity index (χ1n) is 5.50. The van der Waals surface area contributed by atoms with E-state index in [0.29, 0.717) is 16.8 Å². The average molecular weight is 283 g/mol. The van der Waals surface area contributed by atoms with Crippen LogP contribution in [0.1, 0.15) is 20.7 Å². The van der Waals surface area contributed by atoms with Crippen molar-refractivity contribution in [1.82, 2.24) is 10.6 Å². The van der Waals surface area contributed by atoms with Crippen molar-refractivity contribution in [2.45, 2.75) is 0 Å². The molecule has 0 aliphatic carbocycles. The standard InChI is InChI=1S/C12H15ClN4O2/c1-15-11(18)7-3-8(12(19)16-2)5-9(4-7)17-10(14)6-13/h3-5H,6H2,1-2H3,(H2,14,17)(H,15,18)(H,16,19). The van der Waals surface area contributed by atoms with Gasteiger partial charge >= 0.3 is 0 Å². The van der Waals surface area contributed by atoms with E-state index >= 15 is 0 Å². The highest BCUT2D eigenvalue weighted by Gasteiger charge is 2.11. The Morgan fingerprint density at radius 2 is 1.63 bits per heavy atom. The molecule has 0 atom stereocenters. The fourth-order valence-corrected chi connectivity index (χ4v) is 1.48. The number of nitrogens with zero attached hydrogens (tertiary/aromatic N) is 1. The van der Waals surface area contributed by atoms with Gasteiger partial charge in [0.1, 0.15) is 5.84 Å². The number of benzene rings is 1. The number of carbonyl (C=O) groups is 2. The number of rotatable bonds is 4. The topological polar surface area (TPSA) is 96.6 Å². The Morgan fingerprint density at radius 1 is 1.16 bits per heavy atom. The Morgan fingerprint density at radius 3 is 2.00 bits per heavy atom. The van der Waals surface area contributed by atoms with Gasteiger partial charge in [0.25, 0.3) is 11.8 Å². The van der Waals surface area contributed by atoms with Gasteiger partial charge in [-0.2, -0.15) is 0 Å². The maximum atomic E-state index is 11.6. The molecule has 6 nitrogen and oxygen atoms in total. The van der Waals surface area contributed by atoms with Crippen LogP contribution < -0.4 is 16.4 Å². The minimum Gasteiger partial charge on any atom is -0.386 e. The molecule has 0 fully saturated rings. The Kier molecular flexibility index (Phi) is 5.32. The van der Waals surface area contributed by atoms with Crippen molar-refractivity contribution in [3.8, 4) is 0 Å². The Balaban J connectivity index is 3.31. The van der Waals surface area contributed by atoms with Gasteiger partial charge in [-0.25, -0.2) is 4.99 Å². The summed E-state index contributed by atoms with van der Waals surface area (Å²) in [6, 6.07) is 4.54. The molecule has 0 spiro atoms. The molecule has 0 unspecified atom stereocenters. The maximum Gasteiger partial charge on any atom is 0.251 e. The average Bonchev–Trinajstić information content (AvgIpc) is 2.44. The summed E-state index contributed by atoms with van der Waals surface area (Å²) in [6.45, 7) is 0. The lowest BCUT2D eigenvalue weighted by Gasteiger charge is -2.06. The molecule has 2 amide bonds. The number of halogens is 1. The van der Waals surface area contributed by atoms with E-state index in [4.69, 9.17) is 17.3 Å². The van der Waals surface area contributed by atoms with Crippen LogP contribution >= 0.6 is 11.6 Å². The van der Waals surface area contributed by atoms with Gasteiger partial charge in [0.05, 0.1) is 11.6 Å². The molecule has 7 heteroatoms. The van der Waals surface area contributed by atoms with Crippen LogP contribution in [-0.2, 0) is 0 Å². The summed E-state index contributed by atoms with van der Waals surface area (Å²) in [5.41, 5.74) is 6.59. The molecule has 1 rings (SSSR count). The first-order valence-corrected chi connectivity index (χ1v) is 6.03. The Bertz CT molecular complexity index is 494. The van der Waals surface area contributed by atoms with Crippen LogP contribution in [0.25, 0.3) is 0 Å². The Labute approximate surface area is 116 Å². The lowest BCUT2D eigenvalue weighted by Crippen LogP contribution is -2.21. The third-order valence-corrected chi connectivity index (χ3v) is 2.58. The van der Waals surface area contributed by atoms with Crippen LogP contribution in [0.3, 0.4) is 0 Å². The molecule has 0 saturated heterocycles. The molecular formula is C12H15ClN4O2. The number of nitrogens with one attached hydrogen (secondary N) is 2. The van der Waals surface area contributed by atoms with E-state index in [9.17, 15) is 9.59 Å². The number of alkyl halides is 1. The summed E-state index contributed by atoms with van der Waals surface area (Å²) in [5, 5.41) is 4.97. The number of nitrogens with two attached hydrogens (primary N) is 1. The monoisotopic (exact) mass is 282 g/mol. The van der Waals surface area contributed by atoms with E-state index in [0.717, 1.165) is 0 Å². The first kappa shape index (κ1) is 15.0. The first-order chi connectivity index (χ1) is 9.01. The van der Waals surface area contributed by atoms with Crippen molar-refractivity contribution in [3.63, 3.8) is 0 Å². The lowest BCUT2D eigenvalue weighted by molar-refractivity contribution is 0.0962. The summed E-state index contributed by atoms with van der Waals surface area (Å²) in [7, 11) is 3.01. The quantitative estimate of drug-likeness (QED) is 0.429. The molecule has 0 bridgehead atoms. The van der Waals surface area contributed by atoms with Crippen molar-refractivity contribution in [1.29, 1.82) is 0 Å². The zero-order valence-electron chi connectivity index (χ0n) is 10.7. The summed E-state index contributed by atoms with van der Waals surface area (Å²) < 4.78 is 0. The lowest BCUT2D eigenvalue weighted by atomic mass is 10.1. The van der Waals surface area contributed by atoms with Gasteiger partial charge in [-0.1, -0.05) is 0 Å². The fraction of sp³-hybridized carbons (Fsp3) is 0.250. The van der Waals surface area contributed by atoms with E-state index < -0.39 is 0 Å². The largest absolute Gasteiger partial charge is 0.386 e. The van der Waals surface area contributed by atoms with Crippen molar-refractivity contribution < 1.29 is 9.59 Å². The van der Waals surface area contributed by atoms with Gasteiger partial charge in [0.2, 0.25) is 0 Å². The fourth-order valence-electron chi connectivity index (χ4n) is 1.42. The van der Waals surface area contributed by atoms with Crippen LogP contribution in [0.15, 0.2) is 23.2 Å². The predicted molar refractivity (Wildman–Crippen MR) is 75.2 cm³/mol. The number of hydrogen-bond acceptors (Lipinski definition) is 3. The van der Waals surface area contributed by atoms with Crippen LogP contribution in [0.2, 0.25) is 0 Å². The van der Waals surface area contributed by atoms with Gasteiger partial charge in [-0.15, -0.1) is 11.6 Å². The molecule has 0 aliphatic rings. The van der Waals surface area contributed by atoms with Gasteiger partial charge < -0.3 is 16.4 Å².